The molecule has 0 fully saturated rings. The van der Waals surface area contributed by atoms with E-state index in [-0.39, 0.29) is 11.7 Å². The van der Waals surface area contributed by atoms with Crippen molar-refractivity contribution in [1.29, 1.82) is 0 Å². The van der Waals surface area contributed by atoms with Gasteiger partial charge in [-0.2, -0.15) is 0 Å². The number of halogens is 1. The maximum absolute atomic E-state index is 11.3. The lowest BCUT2D eigenvalue weighted by molar-refractivity contribution is 0.102. The Morgan fingerprint density at radius 2 is 2.07 bits per heavy atom. The number of hydrogen-bond donors (Lipinski definition) is 0. The van der Waals surface area contributed by atoms with Crippen LogP contribution >= 0.6 is 22.9 Å². The third kappa shape index (κ3) is 2.25. The summed E-state index contributed by atoms with van der Waals surface area (Å²) < 4.78 is 0. The molecule has 0 atom stereocenters. The second-order valence-electron chi connectivity index (χ2n) is 2.96. The molecule has 0 aliphatic heterocycles. The molecular formula is C11H8ClNOS. The Hall–Kier alpha value is -1.19. The van der Waals surface area contributed by atoms with E-state index in [9.17, 15) is 4.79 Å². The molecule has 2 aromatic rings. The van der Waals surface area contributed by atoms with Crippen molar-refractivity contribution in [3.63, 3.8) is 0 Å². The van der Waals surface area contributed by atoms with Crippen molar-refractivity contribution in [3.05, 3.63) is 40.7 Å². The van der Waals surface area contributed by atoms with Crippen LogP contribution in [-0.2, 0) is 0 Å². The van der Waals surface area contributed by atoms with Crippen LogP contribution in [0.2, 0.25) is 0 Å². The van der Waals surface area contributed by atoms with Gasteiger partial charge in [0.25, 0.3) is 0 Å². The number of alkyl halides is 1. The molecule has 76 valence electrons. The number of rotatable bonds is 3. The Kier molecular flexibility index (Phi) is 3.14. The van der Waals surface area contributed by atoms with Crippen LogP contribution in [0.4, 0.5) is 0 Å². The number of thiazole rings is 1. The van der Waals surface area contributed by atoms with Crippen LogP contribution in [0.1, 0.15) is 9.80 Å². The molecular weight excluding hydrogens is 230 g/mol. The van der Waals surface area contributed by atoms with Crippen LogP contribution in [0.15, 0.2) is 35.7 Å². The number of ketones is 1. The quantitative estimate of drug-likeness (QED) is 0.606. The van der Waals surface area contributed by atoms with E-state index < -0.39 is 0 Å². The van der Waals surface area contributed by atoms with Gasteiger partial charge in [0.2, 0.25) is 5.78 Å². The van der Waals surface area contributed by atoms with Gasteiger partial charge in [-0.25, -0.2) is 4.98 Å². The van der Waals surface area contributed by atoms with Gasteiger partial charge >= 0.3 is 0 Å². The molecule has 0 saturated carbocycles. The van der Waals surface area contributed by atoms with Gasteiger partial charge < -0.3 is 0 Å². The highest BCUT2D eigenvalue weighted by Gasteiger charge is 2.10. The third-order valence-electron chi connectivity index (χ3n) is 1.93. The summed E-state index contributed by atoms with van der Waals surface area (Å²) in [6.45, 7) is 0. The zero-order valence-electron chi connectivity index (χ0n) is 7.81. The van der Waals surface area contributed by atoms with E-state index in [1.165, 1.54) is 11.3 Å². The van der Waals surface area contributed by atoms with E-state index in [0.717, 1.165) is 11.3 Å². The predicted molar refractivity (Wildman–Crippen MR) is 62.6 cm³/mol. The first-order valence-electron chi connectivity index (χ1n) is 4.41. The van der Waals surface area contributed by atoms with E-state index in [2.05, 4.69) is 4.98 Å². The minimum absolute atomic E-state index is 0.0122. The molecule has 0 aliphatic carbocycles. The van der Waals surface area contributed by atoms with Crippen LogP contribution in [0.25, 0.3) is 11.3 Å². The number of carbonyl (C=O) groups excluding carboxylic acids is 1. The van der Waals surface area contributed by atoms with Crippen LogP contribution in [0.3, 0.4) is 0 Å². The van der Waals surface area contributed by atoms with Gasteiger partial charge in [0.15, 0.2) is 5.01 Å². The van der Waals surface area contributed by atoms with Gasteiger partial charge in [-0.3, -0.25) is 4.79 Å². The molecule has 0 aliphatic rings. The van der Waals surface area contributed by atoms with E-state index >= 15 is 0 Å². The van der Waals surface area contributed by atoms with Crippen LogP contribution in [0, 0.1) is 0 Å². The molecule has 0 N–H and O–H groups in total. The molecule has 4 heteroatoms. The smallest absolute Gasteiger partial charge is 0.206 e. The average Bonchev–Trinajstić information content (AvgIpc) is 2.78. The normalized spacial score (nSPS) is 10.2. The summed E-state index contributed by atoms with van der Waals surface area (Å²) in [7, 11) is 0. The lowest BCUT2D eigenvalue weighted by Gasteiger charge is -1.93. The molecule has 1 aromatic carbocycles. The molecule has 15 heavy (non-hydrogen) atoms. The third-order valence-corrected chi connectivity index (χ3v) is 3.06. The van der Waals surface area contributed by atoms with Gasteiger partial charge in [0.05, 0.1) is 11.6 Å². The Labute approximate surface area is 96.5 Å². The average molecular weight is 238 g/mol. The number of aromatic nitrogens is 1. The summed E-state index contributed by atoms with van der Waals surface area (Å²) >= 11 is 6.79. The maximum Gasteiger partial charge on any atom is 0.206 e. The Morgan fingerprint density at radius 3 is 2.73 bits per heavy atom. The monoisotopic (exact) mass is 237 g/mol. The molecule has 0 saturated heterocycles. The number of hydrogen-bond acceptors (Lipinski definition) is 3. The van der Waals surface area contributed by atoms with E-state index in [1.807, 2.05) is 35.7 Å². The summed E-state index contributed by atoms with van der Waals surface area (Å²) in [6.07, 6.45) is 0. The topological polar surface area (TPSA) is 30.0 Å². The first-order valence-corrected chi connectivity index (χ1v) is 5.83. The highest BCUT2D eigenvalue weighted by atomic mass is 35.5. The number of nitrogens with zero attached hydrogens (tertiary/aromatic N) is 1. The fourth-order valence-electron chi connectivity index (χ4n) is 1.20. The lowest BCUT2D eigenvalue weighted by atomic mass is 10.2. The van der Waals surface area contributed by atoms with Gasteiger partial charge in [0.1, 0.15) is 0 Å². The summed E-state index contributed by atoms with van der Waals surface area (Å²) in [4.78, 5) is 15.5. The number of carbonyl (C=O) groups is 1. The first-order chi connectivity index (χ1) is 7.31. The number of Topliss-reactive ketones (excluding diaryl/α,β-unsaturated/α-hetero) is 1. The highest BCUT2D eigenvalue weighted by molar-refractivity contribution is 7.12. The van der Waals surface area contributed by atoms with Crippen LogP contribution in [-0.4, -0.2) is 16.6 Å². The molecule has 0 unspecified atom stereocenters. The van der Waals surface area contributed by atoms with E-state index in [4.69, 9.17) is 11.6 Å². The summed E-state index contributed by atoms with van der Waals surface area (Å²) in [5.74, 6) is -0.134. The van der Waals surface area contributed by atoms with Gasteiger partial charge in [-0.15, -0.1) is 22.9 Å². The fourth-order valence-corrected chi connectivity index (χ4v) is 2.17. The Bertz CT molecular complexity index is 466. The Morgan fingerprint density at radius 1 is 1.33 bits per heavy atom. The second kappa shape index (κ2) is 4.55. The standard InChI is InChI=1S/C11H8ClNOS/c12-6-10(14)11-13-9(7-15-11)8-4-2-1-3-5-8/h1-5,7H,6H2. The minimum Gasteiger partial charge on any atom is -0.290 e. The van der Waals surface area contributed by atoms with Gasteiger partial charge in [-0.1, -0.05) is 30.3 Å². The van der Waals surface area contributed by atoms with Crippen molar-refractivity contribution in [2.24, 2.45) is 0 Å². The predicted octanol–water partition coefficient (Wildman–Crippen LogP) is 3.23. The number of benzene rings is 1. The van der Waals surface area contributed by atoms with Crippen LogP contribution < -0.4 is 0 Å². The molecule has 0 radical (unpaired) electrons. The van der Waals surface area contributed by atoms with Crippen molar-refractivity contribution in [2.75, 3.05) is 5.88 Å². The molecule has 1 heterocycles. The lowest BCUT2D eigenvalue weighted by Crippen LogP contribution is -1.98. The van der Waals surface area contributed by atoms with Gasteiger partial charge in [-0.05, 0) is 0 Å². The van der Waals surface area contributed by atoms with Crippen molar-refractivity contribution < 1.29 is 4.79 Å². The minimum atomic E-state index is -0.121. The molecule has 1 aromatic heterocycles. The highest BCUT2D eigenvalue weighted by Crippen LogP contribution is 2.21. The molecule has 2 rings (SSSR count). The zero-order valence-corrected chi connectivity index (χ0v) is 9.39. The molecule has 0 amide bonds. The fraction of sp³-hybridized carbons (Fsp3) is 0.0909. The molecule has 0 bridgehead atoms. The van der Waals surface area contributed by atoms with Crippen molar-refractivity contribution in [1.82, 2.24) is 4.98 Å². The Balaban J connectivity index is 2.32. The summed E-state index contributed by atoms with van der Waals surface area (Å²) in [5, 5.41) is 2.35. The van der Waals surface area contributed by atoms with Crippen molar-refractivity contribution >= 4 is 28.7 Å². The van der Waals surface area contributed by atoms with Gasteiger partial charge in [0, 0.05) is 10.9 Å². The first kappa shape index (κ1) is 10.3. The van der Waals surface area contributed by atoms with Crippen molar-refractivity contribution in [2.45, 2.75) is 0 Å². The summed E-state index contributed by atoms with van der Waals surface area (Å²) in [5.41, 5.74) is 1.84. The van der Waals surface area contributed by atoms with E-state index in [1.54, 1.807) is 0 Å². The zero-order chi connectivity index (χ0) is 10.7. The summed E-state index contributed by atoms with van der Waals surface area (Å²) in [6, 6.07) is 9.75. The second-order valence-corrected chi connectivity index (χ2v) is 4.09. The SMILES string of the molecule is O=C(CCl)c1nc(-c2ccccc2)cs1. The van der Waals surface area contributed by atoms with E-state index in [0.29, 0.717) is 5.01 Å². The van der Waals surface area contributed by atoms with Crippen molar-refractivity contribution in [3.8, 4) is 11.3 Å². The molecule has 2 nitrogen and oxygen atoms in total. The molecule has 0 spiro atoms. The maximum atomic E-state index is 11.3. The van der Waals surface area contributed by atoms with Crippen LogP contribution in [0.5, 0.6) is 0 Å². The largest absolute Gasteiger partial charge is 0.290 e.